The number of sulfone groups is 1. The molecule has 0 spiro atoms. The highest BCUT2D eigenvalue weighted by atomic mass is 35.5. The van der Waals surface area contributed by atoms with Gasteiger partial charge in [-0.2, -0.15) is 0 Å². The van der Waals surface area contributed by atoms with Gasteiger partial charge in [0.15, 0.2) is 9.84 Å². The summed E-state index contributed by atoms with van der Waals surface area (Å²) in [7, 11) is -3.48. The zero-order valence-corrected chi connectivity index (χ0v) is 14.8. The minimum atomic E-state index is -3.48. The molecule has 23 heavy (non-hydrogen) atoms. The van der Waals surface area contributed by atoms with E-state index in [0.717, 1.165) is 11.1 Å². The van der Waals surface area contributed by atoms with Gasteiger partial charge in [0.2, 0.25) is 0 Å². The summed E-state index contributed by atoms with van der Waals surface area (Å²) >= 11 is 11.0. The van der Waals surface area contributed by atoms with Crippen molar-refractivity contribution in [1.29, 1.82) is 0 Å². The number of thiocarbonyl (C=S) groups is 1. The highest BCUT2D eigenvalue weighted by molar-refractivity contribution is 7.92. The van der Waals surface area contributed by atoms with Crippen LogP contribution >= 0.6 is 23.8 Å². The van der Waals surface area contributed by atoms with Gasteiger partial charge in [0.1, 0.15) is 0 Å². The molecule has 1 fully saturated rings. The first kappa shape index (κ1) is 16.4. The summed E-state index contributed by atoms with van der Waals surface area (Å²) < 4.78 is 25.9. The Morgan fingerprint density at radius 3 is 2.17 bits per heavy atom. The van der Waals surface area contributed by atoms with Crippen molar-refractivity contribution in [2.24, 2.45) is 11.7 Å². The normalized spacial score (nSPS) is 23.5. The molecule has 0 amide bonds. The molecule has 3 rings (SSSR count). The Balaban J connectivity index is 1.98. The summed E-state index contributed by atoms with van der Waals surface area (Å²) in [5, 5.41) is 0.00287. The standard InChI is InChI=1S/C17H16ClNO2S2/c1-10-2-8-13(9-3-10)23(20,21)16-14(15(16)17(19)22)11-4-6-12(18)7-5-11/h2-9,14-16H,1H3,(H2,19,22)/t14-,15-,16+/m0/s1. The van der Waals surface area contributed by atoms with E-state index in [2.05, 4.69) is 0 Å². The molecule has 3 atom stereocenters. The molecule has 0 aliphatic heterocycles. The molecular weight excluding hydrogens is 350 g/mol. The van der Waals surface area contributed by atoms with E-state index in [9.17, 15) is 8.42 Å². The number of aryl methyl sites for hydroxylation is 1. The molecule has 0 radical (unpaired) electrons. The molecule has 120 valence electrons. The molecule has 0 bridgehead atoms. The first-order chi connectivity index (χ1) is 10.8. The monoisotopic (exact) mass is 365 g/mol. The Bertz CT molecular complexity index is 845. The van der Waals surface area contributed by atoms with Crippen LogP contribution in [0.4, 0.5) is 0 Å². The fourth-order valence-electron chi connectivity index (χ4n) is 2.98. The van der Waals surface area contributed by atoms with Crippen LogP contribution < -0.4 is 5.73 Å². The van der Waals surface area contributed by atoms with Crippen molar-refractivity contribution in [1.82, 2.24) is 0 Å². The minimum Gasteiger partial charge on any atom is -0.393 e. The summed E-state index contributed by atoms with van der Waals surface area (Å²) in [6.07, 6.45) is 0. The van der Waals surface area contributed by atoms with Crippen molar-refractivity contribution in [3.63, 3.8) is 0 Å². The van der Waals surface area contributed by atoms with E-state index in [-0.39, 0.29) is 16.8 Å². The van der Waals surface area contributed by atoms with E-state index < -0.39 is 15.1 Å². The summed E-state index contributed by atoms with van der Waals surface area (Å²) in [6.45, 7) is 1.92. The van der Waals surface area contributed by atoms with Crippen LogP contribution in [-0.2, 0) is 9.84 Å². The second-order valence-corrected chi connectivity index (χ2v) is 8.84. The molecule has 0 saturated heterocycles. The molecule has 6 heteroatoms. The number of halogens is 1. The van der Waals surface area contributed by atoms with Gasteiger partial charge in [-0.15, -0.1) is 0 Å². The van der Waals surface area contributed by atoms with Crippen LogP contribution in [0, 0.1) is 12.8 Å². The van der Waals surface area contributed by atoms with Gasteiger partial charge >= 0.3 is 0 Å². The van der Waals surface area contributed by atoms with E-state index >= 15 is 0 Å². The van der Waals surface area contributed by atoms with Crippen molar-refractivity contribution < 1.29 is 8.42 Å². The molecule has 0 aromatic heterocycles. The van der Waals surface area contributed by atoms with Crippen molar-refractivity contribution in [3.05, 3.63) is 64.7 Å². The number of nitrogens with two attached hydrogens (primary N) is 1. The Labute approximate surface area is 146 Å². The average molecular weight is 366 g/mol. The lowest BCUT2D eigenvalue weighted by atomic mass is 10.1. The van der Waals surface area contributed by atoms with Gasteiger partial charge in [-0.05, 0) is 36.8 Å². The van der Waals surface area contributed by atoms with Crippen molar-refractivity contribution in [2.75, 3.05) is 0 Å². The number of benzene rings is 2. The average Bonchev–Trinajstić information content (AvgIpc) is 3.25. The smallest absolute Gasteiger partial charge is 0.182 e. The maximum absolute atomic E-state index is 12.9. The van der Waals surface area contributed by atoms with Crippen LogP contribution in [0.5, 0.6) is 0 Å². The fourth-order valence-corrected chi connectivity index (χ4v) is 5.63. The minimum absolute atomic E-state index is 0.212. The Hall–Kier alpha value is -1.43. The first-order valence-electron chi connectivity index (χ1n) is 7.18. The van der Waals surface area contributed by atoms with Crippen molar-refractivity contribution in [2.45, 2.75) is 23.0 Å². The molecule has 1 saturated carbocycles. The van der Waals surface area contributed by atoms with E-state index in [0.29, 0.717) is 9.92 Å². The van der Waals surface area contributed by atoms with Crippen LogP contribution in [0.15, 0.2) is 53.4 Å². The third-order valence-electron chi connectivity index (χ3n) is 4.25. The van der Waals surface area contributed by atoms with E-state index in [4.69, 9.17) is 29.6 Å². The predicted molar refractivity (Wildman–Crippen MR) is 96.6 cm³/mol. The quantitative estimate of drug-likeness (QED) is 0.842. The Morgan fingerprint density at radius 1 is 1.09 bits per heavy atom. The van der Waals surface area contributed by atoms with Gasteiger partial charge in [-0.1, -0.05) is 53.6 Å². The fraction of sp³-hybridized carbons (Fsp3) is 0.235. The third-order valence-corrected chi connectivity index (χ3v) is 7.00. The molecule has 3 nitrogen and oxygen atoms in total. The van der Waals surface area contributed by atoms with Crippen LogP contribution in [0.2, 0.25) is 5.02 Å². The summed E-state index contributed by atoms with van der Waals surface area (Å²) in [4.78, 5) is 0.552. The van der Waals surface area contributed by atoms with Gasteiger partial charge in [0.05, 0.1) is 15.1 Å². The Morgan fingerprint density at radius 2 is 1.65 bits per heavy atom. The summed E-state index contributed by atoms with van der Waals surface area (Å²) in [5.74, 6) is -0.548. The van der Waals surface area contributed by atoms with Gasteiger partial charge in [-0.25, -0.2) is 8.42 Å². The zero-order valence-electron chi connectivity index (χ0n) is 12.4. The van der Waals surface area contributed by atoms with Crippen LogP contribution in [0.3, 0.4) is 0 Å². The molecule has 1 aliphatic carbocycles. The van der Waals surface area contributed by atoms with Gasteiger partial charge in [0, 0.05) is 16.9 Å². The largest absolute Gasteiger partial charge is 0.393 e. The SMILES string of the molecule is Cc1ccc(S(=O)(=O)[C@H]2[C@@H](C(N)=S)[C@@H]2c2ccc(Cl)cc2)cc1. The second kappa shape index (κ2) is 5.89. The van der Waals surface area contributed by atoms with Crippen LogP contribution in [0.1, 0.15) is 17.0 Å². The topological polar surface area (TPSA) is 60.2 Å². The van der Waals surface area contributed by atoms with Crippen LogP contribution in [0.25, 0.3) is 0 Å². The number of hydrogen-bond donors (Lipinski definition) is 1. The molecule has 2 N–H and O–H groups in total. The zero-order chi connectivity index (χ0) is 16.8. The molecule has 1 aliphatic rings. The predicted octanol–water partition coefficient (Wildman–Crippen LogP) is 3.49. The number of rotatable bonds is 4. The second-order valence-electron chi connectivity index (χ2n) is 5.83. The highest BCUT2D eigenvalue weighted by Gasteiger charge is 2.60. The van der Waals surface area contributed by atoms with Gasteiger partial charge in [-0.3, -0.25) is 0 Å². The lowest BCUT2D eigenvalue weighted by Gasteiger charge is -2.05. The Kier molecular flexibility index (Phi) is 4.21. The lowest BCUT2D eigenvalue weighted by molar-refractivity contribution is 0.593. The highest BCUT2D eigenvalue weighted by Crippen LogP contribution is 2.54. The molecule has 0 unspecified atom stereocenters. The first-order valence-corrected chi connectivity index (χ1v) is 9.51. The van der Waals surface area contributed by atoms with E-state index in [1.165, 1.54) is 0 Å². The summed E-state index contributed by atoms with van der Waals surface area (Å²) in [6, 6.07) is 14.0. The van der Waals surface area contributed by atoms with E-state index in [1.54, 1.807) is 36.4 Å². The van der Waals surface area contributed by atoms with Crippen molar-refractivity contribution >= 4 is 38.6 Å². The molecule has 2 aromatic rings. The van der Waals surface area contributed by atoms with Gasteiger partial charge in [0.25, 0.3) is 0 Å². The van der Waals surface area contributed by atoms with E-state index in [1.807, 2.05) is 19.1 Å². The lowest BCUT2D eigenvalue weighted by Crippen LogP contribution is -2.17. The molecule has 0 heterocycles. The number of hydrogen-bond acceptors (Lipinski definition) is 3. The summed E-state index contributed by atoms with van der Waals surface area (Å²) in [5.41, 5.74) is 7.70. The third kappa shape index (κ3) is 3.01. The maximum atomic E-state index is 12.9. The van der Waals surface area contributed by atoms with Gasteiger partial charge < -0.3 is 5.73 Å². The van der Waals surface area contributed by atoms with Crippen LogP contribution in [-0.4, -0.2) is 18.7 Å². The molecular formula is C17H16ClNO2S2. The van der Waals surface area contributed by atoms with Crippen molar-refractivity contribution in [3.8, 4) is 0 Å². The molecule has 2 aromatic carbocycles. The maximum Gasteiger partial charge on any atom is 0.182 e.